The van der Waals surface area contributed by atoms with E-state index in [0.29, 0.717) is 30.9 Å². The van der Waals surface area contributed by atoms with Crippen LogP contribution in [0.15, 0.2) is 36.8 Å². The van der Waals surface area contributed by atoms with E-state index in [4.69, 9.17) is 24.6 Å². The Morgan fingerprint density at radius 3 is 2.59 bits per heavy atom. The summed E-state index contributed by atoms with van der Waals surface area (Å²) in [6.45, 7) is 4.83. The van der Waals surface area contributed by atoms with Crippen LogP contribution in [0.2, 0.25) is 0 Å². The molecule has 0 aromatic carbocycles. The molecule has 0 radical (unpaired) electrons. The first-order valence-corrected chi connectivity index (χ1v) is 12.4. The van der Waals surface area contributed by atoms with Gasteiger partial charge < -0.3 is 19.3 Å². The second-order valence-electron chi connectivity index (χ2n) is 8.42. The van der Waals surface area contributed by atoms with E-state index in [-0.39, 0.29) is 11.6 Å². The fraction of sp³-hybridized carbons (Fsp3) is 0.333. The molecule has 5 rings (SSSR count). The van der Waals surface area contributed by atoms with Crippen LogP contribution in [-0.4, -0.2) is 76.5 Å². The van der Waals surface area contributed by atoms with Crippen molar-refractivity contribution in [2.45, 2.75) is 13.0 Å². The molecule has 4 aromatic heterocycles. The van der Waals surface area contributed by atoms with Crippen molar-refractivity contribution in [1.29, 1.82) is 0 Å². The van der Waals surface area contributed by atoms with Crippen molar-refractivity contribution in [1.82, 2.24) is 30.4 Å². The van der Waals surface area contributed by atoms with Gasteiger partial charge in [-0.2, -0.15) is 0 Å². The summed E-state index contributed by atoms with van der Waals surface area (Å²) in [5, 5.41) is 8.81. The van der Waals surface area contributed by atoms with Gasteiger partial charge in [0.1, 0.15) is 0 Å². The molecule has 0 bridgehead atoms. The average Bonchev–Trinajstić information content (AvgIpc) is 3.40. The minimum absolute atomic E-state index is 0.0830. The van der Waals surface area contributed by atoms with Gasteiger partial charge in [-0.15, -0.1) is 11.3 Å². The molecule has 37 heavy (non-hydrogen) atoms. The minimum Gasteiger partial charge on any atom is -0.481 e. The molecule has 5 heterocycles. The highest BCUT2D eigenvalue weighted by Crippen LogP contribution is 2.38. The van der Waals surface area contributed by atoms with Crippen molar-refractivity contribution in [2.75, 3.05) is 50.3 Å². The van der Waals surface area contributed by atoms with E-state index in [1.165, 1.54) is 12.4 Å². The lowest BCUT2D eigenvalue weighted by molar-refractivity contribution is 0.0705. The van der Waals surface area contributed by atoms with E-state index in [1.54, 1.807) is 36.2 Å². The topological polar surface area (TPSA) is 139 Å². The highest BCUT2D eigenvalue weighted by Gasteiger charge is 2.23. The Kier molecular flexibility index (Phi) is 7.08. The largest absolute Gasteiger partial charge is 0.481 e. The van der Waals surface area contributed by atoms with Crippen molar-refractivity contribution < 1.29 is 19.5 Å². The van der Waals surface area contributed by atoms with Gasteiger partial charge >= 0.3 is 0 Å². The predicted molar refractivity (Wildman–Crippen MR) is 138 cm³/mol. The lowest BCUT2D eigenvalue weighted by atomic mass is 10.2. The van der Waals surface area contributed by atoms with Crippen LogP contribution < -0.4 is 20.0 Å². The van der Waals surface area contributed by atoms with Gasteiger partial charge in [-0.25, -0.2) is 30.4 Å². The number of aromatic nitrogens is 5. The van der Waals surface area contributed by atoms with Crippen molar-refractivity contribution in [3.05, 3.63) is 47.2 Å². The molecule has 0 aliphatic carbocycles. The third-order valence-corrected chi connectivity index (χ3v) is 7.49. The normalized spacial score (nSPS) is 14.4. The highest BCUT2D eigenvalue weighted by molar-refractivity contribution is 7.19. The van der Waals surface area contributed by atoms with Crippen LogP contribution in [0.4, 0.5) is 11.8 Å². The number of ether oxygens (including phenoxy) is 2. The predicted octanol–water partition coefficient (Wildman–Crippen LogP) is 2.70. The monoisotopic (exact) mass is 522 g/mol. The van der Waals surface area contributed by atoms with E-state index < -0.39 is 5.91 Å². The summed E-state index contributed by atoms with van der Waals surface area (Å²) in [4.78, 5) is 39.5. The van der Waals surface area contributed by atoms with E-state index in [0.717, 1.165) is 39.6 Å². The van der Waals surface area contributed by atoms with Gasteiger partial charge in [0.2, 0.25) is 11.8 Å². The number of hydrogen-bond acceptors (Lipinski definition) is 12. The Labute approximate surface area is 216 Å². The Balaban J connectivity index is 1.51. The first kappa shape index (κ1) is 24.7. The zero-order valence-electron chi connectivity index (χ0n) is 20.6. The molecule has 192 valence electrons. The van der Waals surface area contributed by atoms with Gasteiger partial charge in [0.05, 0.1) is 42.1 Å². The smallest absolute Gasteiger partial charge is 0.277 e. The summed E-state index contributed by atoms with van der Waals surface area (Å²) in [5.74, 6) is 1.78. The number of thiophene rings is 1. The van der Waals surface area contributed by atoms with Gasteiger partial charge in [-0.05, 0) is 19.1 Å². The number of hydrogen-bond donors (Lipinski definition) is 2. The molecule has 13 heteroatoms. The number of carbonyl (C=O) groups is 1. The number of anilines is 2. The lowest BCUT2D eigenvalue weighted by Crippen LogP contribution is -2.36. The van der Waals surface area contributed by atoms with Crippen LogP contribution in [0.1, 0.15) is 28.2 Å². The SMILES string of the molecule is COc1ccc(-c2nc(N3CCOCC3)c3sc([C@H](C)N(C)c4ncc(C(=O)NO)cn4)cc3n2)cn1. The van der Waals surface area contributed by atoms with Crippen LogP contribution in [0.3, 0.4) is 0 Å². The molecule has 12 nitrogen and oxygen atoms in total. The van der Waals surface area contributed by atoms with E-state index in [1.807, 2.05) is 18.0 Å². The summed E-state index contributed by atoms with van der Waals surface area (Å²) in [5.41, 5.74) is 3.40. The van der Waals surface area contributed by atoms with Crippen LogP contribution in [-0.2, 0) is 4.74 Å². The first-order valence-electron chi connectivity index (χ1n) is 11.6. The van der Waals surface area contributed by atoms with Crippen molar-refractivity contribution in [3.8, 4) is 17.3 Å². The van der Waals surface area contributed by atoms with Gasteiger partial charge in [0.15, 0.2) is 11.6 Å². The molecule has 1 amide bonds. The summed E-state index contributed by atoms with van der Waals surface area (Å²) < 4.78 is 11.7. The fourth-order valence-corrected chi connectivity index (χ4v) is 5.15. The van der Waals surface area contributed by atoms with Crippen LogP contribution in [0.5, 0.6) is 5.88 Å². The number of pyridine rings is 1. The zero-order chi connectivity index (χ0) is 25.9. The maximum Gasteiger partial charge on any atom is 0.277 e. The molecule has 1 aliphatic rings. The van der Waals surface area contributed by atoms with Crippen LogP contribution >= 0.6 is 11.3 Å². The number of nitrogens with zero attached hydrogens (tertiary/aromatic N) is 7. The fourth-order valence-electron chi connectivity index (χ4n) is 3.94. The molecule has 1 aliphatic heterocycles. The van der Waals surface area contributed by atoms with Gasteiger partial charge in [-0.1, -0.05) is 0 Å². The van der Waals surface area contributed by atoms with Crippen LogP contribution in [0.25, 0.3) is 21.6 Å². The van der Waals surface area contributed by atoms with Crippen molar-refractivity contribution in [3.63, 3.8) is 0 Å². The van der Waals surface area contributed by atoms with E-state index in [2.05, 4.69) is 32.8 Å². The lowest BCUT2D eigenvalue weighted by Gasteiger charge is -2.28. The van der Waals surface area contributed by atoms with E-state index >= 15 is 0 Å². The summed E-state index contributed by atoms with van der Waals surface area (Å²) >= 11 is 1.63. The molecule has 0 saturated carbocycles. The molecule has 1 fully saturated rings. The second-order valence-corrected chi connectivity index (χ2v) is 9.51. The number of rotatable bonds is 7. The van der Waals surface area contributed by atoms with Gasteiger partial charge in [-0.3, -0.25) is 10.0 Å². The van der Waals surface area contributed by atoms with Gasteiger partial charge in [0.25, 0.3) is 5.91 Å². The van der Waals surface area contributed by atoms with Gasteiger partial charge in [0, 0.05) is 55.2 Å². The summed E-state index contributed by atoms with van der Waals surface area (Å²) in [6, 6.07) is 5.68. The Bertz CT molecular complexity index is 1390. The Morgan fingerprint density at radius 1 is 1.19 bits per heavy atom. The summed E-state index contributed by atoms with van der Waals surface area (Å²) in [6.07, 6.45) is 4.46. The number of fused-ring (bicyclic) bond motifs is 1. The molecule has 4 aromatic rings. The molecule has 0 spiro atoms. The number of hydroxylamine groups is 1. The number of carbonyl (C=O) groups excluding carboxylic acids is 1. The molecular weight excluding hydrogens is 496 g/mol. The highest BCUT2D eigenvalue weighted by atomic mass is 32.1. The Hall–Kier alpha value is -3.94. The molecule has 1 atom stereocenters. The zero-order valence-corrected chi connectivity index (χ0v) is 21.4. The molecular formula is C24H26N8O4S. The average molecular weight is 523 g/mol. The number of morpholine rings is 1. The molecule has 1 saturated heterocycles. The van der Waals surface area contributed by atoms with Crippen molar-refractivity contribution >= 4 is 39.2 Å². The maximum absolute atomic E-state index is 11.6. The standard InChI is InChI=1S/C24H26N8O4S/c1-14(31(2)24-26-12-16(13-27-24)23(33)30-34)18-10-17-20(37-18)22(32-6-8-36-9-7-32)29-21(28-17)15-4-5-19(35-3)25-11-15/h4-5,10-14,34H,6-9H2,1-3H3,(H,30,33)/t14-/m0/s1. The molecule has 0 unspecified atom stereocenters. The number of amides is 1. The maximum atomic E-state index is 11.6. The third-order valence-electron chi connectivity index (χ3n) is 6.20. The Morgan fingerprint density at radius 2 is 1.95 bits per heavy atom. The first-order chi connectivity index (χ1) is 18.0. The third kappa shape index (κ3) is 5.01. The molecule has 2 N–H and O–H groups in total. The second kappa shape index (κ2) is 10.6. The summed E-state index contributed by atoms with van der Waals surface area (Å²) in [7, 11) is 3.47. The number of methoxy groups -OCH3 is 1. The number of nitrogens with one attached hydrogen (secondary N) is 1. The van der Waals surface area contributed by atoms with Crippen molar-refractivity contribution in [2.24, 2.45) is 0 Å². The van der Waals surface area contributed by atoms with E-state index in [9.17, 15) is 4.79 Å². The quantitative estimate of drug-likeness (QED) is 0.274. The minimum atomic E-state index is -0.663. The van der Waals surface area contributed by atoms with Crippen LogP contribution in [0, 0.1) is 0 Å².